The van der Waals surface area contributed by atoms with E-state index in [1.54, 1.807) is 59.7 Å². The van der Waals surface area contributed by atoms with Crippen molar-refractivity contribution in [2.45, 2.75) is 79.4 Å². The summed E-state index contributed by atoms with van der Waals surface area (Å²) in [5, 5.41) is 0. The second-order valence-electron chi connectivity index (χ2n) is 9.85. The van der Waals surface area contributed by atoms with E-state index in [0.717, 1.165) is 10.5 Å². The number of rotatable bonds is 1. The second kappa shape index (κ2) is 7.22. The zero-order valence-electron chi connectivity index (χ0n) is 18.1. The lowest BCUT2D eigenvalue weighted by molar-refractivity contribution is 0.0430. The number of fused-ring (bicyclic) bond motifs is 1. The van der Waals surface area contributed by atoms with E-state index in [9.17, 15) is 14.4 Å². The highest BCUT2D eigenvalue weighted by Gasteiger charge is 2.36. The molecule has 28 heavy (non-hydrogen) atoms. The Kier molecular flexibility index (Phi) is 5.66. The molecule has 0 saturated carbocycles. The third-order valence-electron chi connectivity index (χ3n) is 4.38. The largest absolute Gasteiger partial charge is 0.443 e. The first-order valence-electron chi connectivity index (χ1n) is 9.54. The smallest absolute Gasteiger partial charge is 0.424 e. The summed E-state index contributed by atoms with van der Waals surface area (Å²) in [6, 6.07) is 4.97. The van der Waals surface area contributed by atoms with Gasteiger partial charge in [0, 0.05) is 11.0 Å². The molecule has 0 atom stereocenters. The standard InChI is InChI=1S/C22H31NO5/c1-20(2,3)27-18(25)23(19(26)28-21(4,5)6)15-9-10-16-14(13-15)11-12-22(7,8)17(16)24/h9-10,13H,11-12H2,1-8H3. The van der Waals surface area contributed by atoms with Gasteiger partial charge in [-0.15, -0.1) is 0 Å². The Morgan fingerprint density at radius 1 is 0.964 bits per heavy atom. The minimum atomic E-state index is -0.816. The molecule has 6 heteroatoms. The number of anilines is 1. The summed E-state index contributed by atoms with van der Waals surface area (Å²) in [5.41, 5.74) is -0.177. The van der Waals surface area contributed by atoms with Crippen LogP contribution in [0.4, 0.5) is 15.3 Å². The number of hydrogen-bond acceptors (Lipinski definition) is 5. The number of aryl methyl sites for hydroxylation is 1. The maximum absolute atomic E-state index is 12.8. The molecule has 154 valence electrons. The molecule has 0 aromatic heterocycles. The van der Waals surface area contributed by atoms with Gasteiger partial charge in [0.15, 0.2) is 5.78 Å². The van der Waals surface area contributed by atoms with Gasteiger partial charge < -0.3 is 9.47 Å². The fraction of sp³-hybridized carbons (Fsp3) is 0.591. The highest BCUT2D eigenvalue weighted by molar-refractivity contribution is 6.10. The average molecular weight is 389 g/mol. The van der Waals surface area contributed by atoms with Gasteiger partial charge >= 0.3 is 12.2 Å². The fourth-order valence-electron chi connectivity index (χ4n) is 2.97. The van der Waals surface area contributed by atoms with Crippen molar-refractivity contribution >= 4 is 23.7 Å². The van der Waals surface area contributed by atoms with Crippen molar-refractivity contribution in [2.24, 2.45) is 5.41 Å². The van der Waals surface area contributed by atoms with Gasteiger partial charge in [0.1, 0.15) is 11.2 Å². The van der Waals surface area contributed by atoms with E-state index in [1.165, 1.54) is 0 Å². The molecule has 2 amide bonds. The molecular formula is C22H31NO5. The summed E-state index contributed by atoms with van der Waals surface area (Å²) in [4.78, 5) is 39.1. The highest BCUT2D eigenvalue weighted by Crippen LogP contribution is 2.36. The van der Waals surface area contributed by atoms with Crippen LogP contribution in [0, 0.1) is 5.41 Å². The number of carbonyl (C=O) groups is 3. The van der Waals surface area contributed by atoms with E-state index in [4.69, 9.17) is 9.47 Å². The van der Waals surface area contributed by atoms with Gasteiger partial charge in [0.25, 0.3) is 0 Å². The number of ketones is 1. The van der Waals surface area contributed by atoms with Crippen molar-refractivity contribution in [1.29, 1.82) is 0 Å². The zero-order valence-corrected chi connectivity index (χ0v) is 18.1. The van der Waals surface area contributed by atoms with Crippen molar-refractivity contribution in [2.75, 3.05) is 4.90 Å². The van der Waals surface area contributed by atoms with Crippen LogP contribution in [0.3, 0.4) is 0 Å². The van der Waals surface area contributed by atoms with E-state index >= 15 is 0 Å². The molecule has 0 saturated heterocycles. The molecule has 0 spiro atoms. The lowest BCUT2D eigenvalue weighted by Crippen LogP contribution is -2.44. The predicted octanol–water partition coefficient (Wildman–Crippen LogP) is 5.52. The normalized spacial score (nSPS) is 16.2. The topological polar surface area (TPSA) is 72.9 Å². The van der Waals surface area contributed by atoms with Gasteiger partial charge in [-0.2, -0.15) is 4.90 Å². The molecule has 0 bridgehead atoms. The lowest BCUT2D eigenvalue weighted by atomic mass is 9.73. The van der Waals surface area contributed by atoms with Crippen LogP contribution in [0.5, 0.6) is 0 Å². The van der Waals surface area contributed by atoms with Gasteiger partial charge in [-0.25, -0.2) is 9.59 Å². The Morgan fingerprint density at radius 3 is 1.93 bits per heavy atom. The number of benzene rings is 1. The highest BCUT2D eigenvalue weighted by atomic mass is 16.6. The van der Waals surface area contributed by atoms with E-state index in [0.29, 0.717) is 24.1 Å². The first kappa shape index (κ1) is 21.9. The quantitative estimate of drug-likeness (QED) is 0.632. The van der Waals surface area contributed by atoms with Crippen LogP contribution in [0.25, 0.3) is 0 Å². The van der Waals surface area contributed by atoms with E-state index in [1.807, 2.05) is 13.8 Å². The number of nitrogens with zero attached hydrogens (tertiary/aromatic N) is 1. The summed E-state index contributed by atoms with van der Waals surface area (Å²) < 4.78 is 10.8. The summed E-state index contributed by atoms with van der Waals surface area (Å²) in [7, 11) is 0. The third kappa shape index (κ3) is 5.12. The van der Waals surface area contributed by atoms with Gasteiger partial charge in [0.05, 0.1) is 5.69 Å². The van der Waals surface area contributed by atoms with Crippen molar-refractivity contribution in [1.82, 2.24) is 0 Å². The van der Waals surface area contributed by atoms with Gasteiger partial charge in [-0.05, 0) is 78.1 Å². The summed E-state index contributed by atoms with van der Waals surface area (Å²) in [6.45, 7) is 14.2. The number of hydrogen-bond donors (Lipinski definition) is 0. The van der Waals surface area contributed by atoms with Gasteiger partial charge in [-0.1, -0.05) is 13.8 Å². The number of imide groups is 1. The molecule has 1 aromatic carbocycles. The monoisotopic (exact) mass is 389 g/mol. The van der Waals surface area contributed by atoms with E-state index in [2.05, 4.69) is 0 Å². The first-order valence-corrected chi connectivity index (χ1v) is 9.54. The van der Waals surface area contributed by atoms with Crippen LogP contribution in [-0.2, 0) is 15.9 Å². The van der Waals surface area contributed by atoms with Gasteiger partial charge in [0.2, 0.25) is 0 Å². The fourth-order valence-corrected chi connectivity index (χ4v) is 2.97. The van der Waals surface area contributed by atoms with Crippen LogP contribution >= 0.6 is 0 Å². The Hall–Kier alpha value is -2.37. The maximum Gasteiger partial charge on any atom is 0.424 e. The summed E-state index contributed by atoms with van der Waals surface area (Å²) >= 11 is 0. The molecule has 1 aromatic rings. The zero-order chi connectivity index (χ0) is 21.5. The molecule has 2 rings (SSSR count). The average Bonchev–Trinajstić information content (AvgIpc) is 2.48. The maximum atomic E-state index is 12.8. The summed E-state index contributed by atoms with van der Waals surface area (Å²) in [6.07, 6.45) is -0.229. The molecule has 1 aliphatic carbocycles. The molecule has 0 aliphatic heterocycles. The number of Topliss-reactive ketones (excluding diaryl/α,β-unsaturated/α-hetero) is 1. The third-order valence-corrected chi connectivity index (χ3v) is 4.38. The van der Waals surface area contributed by atoms with Crippen LogP contribution in [-0.4, -0.2) is 29.2 Å². The Labute approximate surface area is 167 Å². The molecule has 1 aliphatic rings. The molecule has 0 radical (unpaired) electrons. The molecule has 0 unspecified atom stereocenters. The Morgan fingerprint density at radius 2 is 1.46 bits per heavy atom. The van der Waals surface area contributed by atoms with Crippen molar-refractivity contribution in [3.05, 3.63) is 29.3 Å². The minimum Gasteiger partial charge on any atom is -0.443 e. The predicted molar refractivity (Wildman–Crippen MR) is 108 cm³/mol. The van der Waals surface area contributed by atoms with Crippen LogP contribution < -0.4 is 4.90 Å². The van der Waals surface area contributed by atoms with Crippen LogP contribution in [0.2, 0.25) is 0 Å². The number of amides is 2. The Balaban J connectivity index is 2.45. The molecule has 0 fully saturated rings. The van der Waals surface area contributed by atoms with E-state index in [-0.39, 0.29) is 5.78 Å². The second-order valence-corrected chi connectivity index (χ2v) is 9.85. The number of ether oxygens (including phenoxy) is 2. The SMILES string of the molecule is CC(C)(C)OC(=O)N(C(=O)OC(C)(C)C)c1ccc2c(c1)CCC(C)(C)C2=O. The van der Waals surface area contributed by atoms with Crippen LogP contribution in [0.1, 0.15) is 77.7 Å². The van der Waals surface area contributed by atoms with E-state index < -0.39 is 28.8 Å². The van der Waals surface area contributed by atoms with Crippen molar-refractivity contribution in [3.8, 4) is 0 Å². The molecule has 6 nitrogen and oxygen atoms in total. The van der Waals surface area contributed by atoms with Gasteiger partial charge in [-0.3, -0.25) is 4.79 Å². The number of carbonyl (C=O) groups excluding carboxylic acids is 3. The first-order chi connectivity index (χ1) is 12.6. The van der Waals surface area contributed by atoms with Crippen molar-refractivity contribution in [3.63, 3.8) is 0 Å². The summed E-state index contributed by atoms with van der Waals surface area (Å²) in [5.74, 6) is 0.0707. The van der Waals surface area contributed by atoms with Crippen molar-refractivity contribution < 1.29 is 23.9 Å². The molecule has 0 N–H and O–H groups in total. The Bertz CT molecular complexity index is 768. The molecule has 0 heterocycles. The molecular weight excluding hydrogens is 358 g/mol. The lowest BCUT2D eigenvalue weighted by Gasteiger charge is -2.31. The van der Waals surface area contributed by atoms with Crippen LogP contribution in [0.15, 0.2) is 18.2 Å². The minimum absolute atomic E-state index is 0.0707.